The Morgan fingerprint density at radius 1 is 0.526 bits per heavy atom. The number of halogens is 2. The van der Waals surface area contributed by atoms with Crippen molar-refractivity contribution in [3.05, 3.63) is 141 Å². The monoisotopic (exact) mass is 542 g/mol. The van der Waals surface area contributed by atoms with Crippen molar-refractivity contribution in [3.8, 4) is 11.5 Å². The summed E-state index contributed by atoms with van der Waals surface area (Å²) in [6.45, 7) is 0.823. The molecule has 0 aliphatic carbocycles. The van der Waals surface area contributed by atoms with E-state index in [1.54, 1.807) is 12.2 Å². The molecule has 0 fully saturated rings. The molecular weight excluding hydrogens is 519 g/mol. The molecule has 0 unspecified atom stereocenters. The molecule has 0 saturated heterocycles. The molecule has 4 aromatic carbocycles. The van der Waals surface area contributed by atoms with Crippen molar-refractivity contribution in [1.29, 1.82) is 0 Å². The molecule has 0 N–H and O–H groups in total. The Morgan fingerprint density at radius 2 is 0.868 bits per heavy atom. The molecule has 0 bridgehead atoms. The first-order valence-corrected chi connectivity index (χ1v) is 12.6. The maximum Gasteiger partial charge on any atom is 0.150 e. The van der Waals surface area contributed by atoms with Crippen LogP contribution in [0, 0.1) is 0 Å². The van der Waals surface area contributed by atoms with Gasteiger partial charge in [0, 0.05) is 21.2 Å². The van der Waals surface area contributed by atoms with Crippen LogP contribution in [0.3, 0.4) is 0 Å². The number of allylic oxidation sites excluding steroid dienone is 2. The zero-order chi connectivity index (χ0) is 26.7. The summed E-state index contributed by atoms with van der Waals surface area (Å²) in [7, 11) is 0. The molecule has 4 aromatic rings. The van der Waals surface area contributed by atoms with Crippen LogP contribution in [0.5, 0.6) is 11.5 Å². The first-order valence-electron chi connectivity index (χ1n) is 11.8. The average Bonchev–Trinajstić information content (AvgIpc) is 2.95. The standard InChI is InChI=1S/C32H24Cl2O4/c33-29-9-1-25(2-10-29)21-37-31-13-5-23(6-14-31)17-27(19-35)28(20-36)18-24-7-15-32(16-8-24)38-22-26-3-11-30(34)12-4-26/h1-20H,21-22H2. The fraction of sp³-hybridized carbons (Fsp3) is 0.0625. The normalized spacial score (nSPS) is 11.6. The molecule has 0 saturated carbocycles. The third kappa shape index (κ3) is 7.94. The maximum atomic E-state index is 11.8. The Bertz CT molecular complexity index is 1310. The molecule has 0 spiro atoms. The van der Waals surface area contributed by atoms with Gasteiger partial charge in [-0.1, -0.05) is 71.7 Å². The topological polar surface area (TPSA) is 52.6 Å². The minimum Gasteiger partial charge on any atom is -0.489 e. The lowest BCUT2D eigenvalue weighted by atomic mass is 10.0. The Labute approximate surface area is 231 Å². The number of rotatable bonds is 11. The third-order valence-electron chi connectivity index (χ3n) is 5.63. The van der Waals surface area contributed by atoms with Gasteiger partial charge in [-0.3, -0.25) is 9.59 Å². The number of benzene rings is 4. The number of ether oxygens (including phenoxy) is 2. The van der Waals surface area contributed by atoms with Crippen molar-refractivity contribution in [3.63, 3.8) is 0 Å². The van der Waals surface area contributed by atoms with E-state index in [-0.39, 0.29) is 11.1 Å². The minimum atomic E-state index is 0.276. The second kappa shape index (κ2) is 13.4. The van der Waals surface area contributed by atoms with Crippen LogP contribution in [0.1, 0.15) is 22.3 Å². The molecule has 38 heavy (non-hydrogen) atoms. The van der Waals surface area contributed by atoms with Crippen LogP contribution >= 0.6 is 23.2 Å². The van der Waals surface area contributed by atoms with Crippen molar-refractivity contribution in [1.82, 2.24) is 0 Å². The van der Waals surface area contributed by atoms with E-state index >= 15 is 0 Å². The van der Waals surface area contributed by atoms with E-state index in [0.29, 0.717) is 47.3 Å². The highest BCUT2D eigenvalue weighted by Crippen LogP contribution is 2.21. The van der Waals surface area contributed by atoms with Gasteiger partial charge in [-0.05, 0) is 82.9 Å². The Kier molecular flexibility index (Phi) is 9.52. The Balaban J connectivity index is 1.39. The fourth-order valence-electron chi connectivity index (χ4n) is 3.55. The predicted octanol–water partition coefficient (Wildman–Crippen LogP) is 8.02. The first kappa shape index (κ1) is 26.9. The minimum absolute atomic E-state index is 0.276. The van der Waals surface area contributed by atoms with E-state index < -0.39 is 0 Å². The zero-order valence-electron chi connectivity index (χ0n) is 20.4. The van der Waals surface area contributed by atoms with Gasteiger partial charge >= 0.3 is 0 Å². The summed E-state index contributed by atoms with van der Waals surface area (Å²) in [6.07, 6.45) is 4.68. The summed E-state index contributed by atoms with van der Waals surface area (Å²) in [4.78, 5) is 23.6. The fourth-order valence-corrected chi connectivity index (χ4v) is 3.80. The predicted molar refractivity (Wildman–Crippen MR) is 153 cm³/mol. The molecule has 0 aliphatic heterocycles. The van der Waals surface area contributed by atoms with Crippen LogP contribution in [0.2, 0.25) is 10.0 Å². The van der Waals surface area contributed by atoms with Crippen LogP contribution in [0.25, 0.3) is 12.2 Å². The lowest BCUT2D eigenvalue weighted by molar-refractivity contribution is -0.107. The molecular formula is C32H24Cl2O4. The van der Waals surface area contributed by atoms with Crippen molar-refractivity contribution < 1.29 is 19.1 Å². The highest BCUT2D eigenvalue weighted by atomic mass is 35.5. The number of hydrogen-bond donors (Lipinski definition) is 0. The largest absolute Gasteiger partial charge is 0.489 e. The average molecular weight is 543 g/mol. The van der Waals surface area contributed by atoms with Crippen molar-refractivity contribution in [2.24, 2.45) is 0 Å². The molecule has 0 amide bonds. The van der Waals surface area contributed by atoms with Crippen LogP contribution in [0.15, 0.2) is 108 Å². The molecule has 4 nitrogen and oxygen atoms in total. The van der Waals surface area contributed by atoms with Gasteiger partial charge in [-0.25, -0.2) is 0 Å². The van der Waals surface area contributed by atoms with Crippen molar-refractivity contribution in [2.45, 2.75) is 13.2 Å². The number of hydrogen-bond acceptors (Lipinski definition) is 4. The molecule has 6 heteroatoms. The van der Waals surface area contributed by atoms with E-state index in [2.05, 4.69) is 0 Å². The SMILES string of the molecule is O=CC(=Cc1ccc(OCc2ccc(Cl)cc2)cc1)C(C=O)=Cc1ccc(OCc2ccc(Cl)cc2)cc1. The lowest BCUT2D eigenvalue weighted by Gasteiger charge is -2.08. The second-order valence-electron chi connectivity index (χ2n) is 8.40. The Hall–Kier alpha value is -4.12. The number of carbonyl (C=O) groups is 2. The molecule has 190 valence electrons. The molecule has 0 aromatic heterocycles. The van der Waals surface area contributed by atoms with E-state index in [9.17, 15) is 9.59 Å². The summed E-state index contributed by atoms with van der Waals surface area (Å²) >= 11 is 11.8. The van der Waals surface area contributed by atoms with Crippen molar-refractivity contribution >= 4 is 47.9 Å². The molecule has 0 radical (unpaired) electrons. The van der Waals surface area contributed by atoms with Crippen LogP contribution in [-0.2, 0) is 22.8 Å². The number of carbonyl (C=O) groups excluding carboxylic acids is 2. The van der Waals surface area contributed by atoms with Crippen LogP contribution in [0.4, 0.5) is 0 Å². The van der Waals surface area contributed by atoms with Crippen molar-refractivity contribution in [2.75, 3.05) is 0 Å². The molecule has 0 aliphatic rings. The van der Waals surface area contributed by atoms with E-state index in [1.807, 2.05) is 97.1 Å². The van der Waals surface area contributed by atoms with E-state index in [4.69, 9.17) is 32.7 Å². The van der Waals surface area contributed by atoms with Crippen LogP contribution < -0.4 is 9.47 Å². The summed E-state index contributed by atoms with van der Waals surface area (Å²) in [5.74, 6) is 1.38. The molecule has 0 atom stereocenters. The van der Waals surface area contributed by atoms with E-state index in [1.165, 1.54) is 0 Å². The lowest BCUT2D eigenvalue weighted by Crippen LogP contribution is -1.96. The summed E-state index contributed by atoms with van der Waals surface area (Å²) in [6, 6.07) is 29.5. The highest BCUT2D eigenvalue weighted by Gasteiger charge is 2.06. The highest BCUT2D eigenvalue weighted by molar-refractivity contribution is 6.30. The molecule has 4 rings (SSSR count). The van der Waals surface area contributed by atoms with Gasteiger partial charge in [0.05, 0.1) is 0 Å². The summed E-state index contributed by atoms with van der Waals surface area (Å²) < 4.78 is 11.6. The van der Waals surface area contributed by atoms with Gasteiger partial charge in [0.2, 0.25) is 0 Å². The molecule has 0 heterocycles. The quantitative estimate of drug-likeness (QED) is 0.109. The van der Waals surface area contributed by atoms with Gasteiger partial charge in [0.25, 0.3) is 0 Å². The third-order valence-corrected chi connectivity index (χ3v) is 6.13. The van der Waals surface area contributed by atoms with E-state index in [0.717, 1.165) is 22.3 Å². The second-order valence-corrected chi connectivity index (χ2v) is 9.28. The summed E-state index contributed by atoms with van der Waals surface area (Å²) in [5.41, 5.74) is 4.09. The van der Waals surface area contributed by atoms with Gasteiger partial charge in [-0.2, -0.15) is 0 Å². The first-order chi connectivity index (χ1) is 18.5. The van der Waals surface area contributed by atoms with Gasteiger partial charge in [0.1, 0.15) is 24.7 Å². The smallest absolute Gasteiger partial charge is 0.150 e. The number of aldehydes is 2. The summed E-state index contributed by atoms with van der Waals surface area (Å²) in [5, 5.41) is 1.35. The van der Waals surface area contributed by atoms with Crippen LogP contribution in [-0.4, -0.2) is 12.6 Å². The van der Waals surface area contributed by atoms with Gasteiger partial charge in [-0.15, -0.1) is 0 Å². The Morgan fingerprint density at radius 3 is 1.18 bits per heavy atom. The maximum absolute atomic E-state index is 11.8. The van der Waals surface area contributed by atoms with Gasteiger partial charge in [0.15, 0.2) is 12.6 Å². The van der Waals surface area contributed by atoms with Gasteiger partial charge < -0.3 is 9.47 Å². The zero-order valence-corrected chi connectivity index (χ0v) is 21.9.